The first-order chi connectivity index (χ1) is 9.91. The molecule has 1 aromatic carbocycles. The molecule has 0 fully saturated rings. The van der Waals surface area contributed by atoms with Gasteiger partial charge in [0.2, 0.25) is 0 Å². The quantitative estimate of drug-likeness (QED) is 0.676. The topological polar surface area (TPSA) is 17.3 Å². The third kappa shape index (κ3) is 3.03. The number of hydrogen-bond donors (Lipinski definition) is 0. The molecule has 3 aromatic rings. The van der Waals surface area contributed by atoms with Crippen molar-refractivity contribution in [2.75, 3.05) is 0 Å². The summed E-state index contributed by atoms with van der Waals surface area (Å²) in [5.74, 6) is 0. The van der Waals surface area contributed by atoms with E-state index in [1.165, 1.54) is 12.1 Å². The van der Waals surface area contributed by atoms with Gasteiger partial charge in [-0.3, -0.25) is 0 Å². The number of benzene rings is 1. The monoisotopic (exact) mass is 310 g/mol. The van der Waals surface area contributed by atoms with E-state index < -0.39 is 11.7 Å². The largest absolute Gasteiger partial charge is 0.416 e. The summed E-state index contributed by atoms with van der Waals surface area (Å²) < 4.78 is 39.3. The maximum Gasteiger partial charge on any atom is 0.416 e. The van der Waals surface area contributed by atoms with Gasteiger partial charge in [-0.1, -0.05) is 23.7 Å². The van der Waals surface area contributed by atoms with Crippen LogP contribution in [0.1, 0.15) is 16.8 Å². The van der Waals surface area contributed by atoms with Crippen molar-refractivity contribution in [3.8, 4) is 0 Å². The maximum atomic E-state index is 12.5. The zero-order valence-corrected chi connectivity index (χ0v) is 11.5. The molecule has 108 valence electrons. The maximum absolute atomic E-state index is 12.5. The zero-order valence-electron chi connectivity index (χ0n) is 10.7. The lowest BCUT2D eigenvalue weighted by Gasteiger charge is -2.06. The van der Waals surface area contributed by atoms with Crippen LogP contribution in [-0.4, -0.2) is 9.38 Å². The van der Waals surface area contributed by atoms with Gasteiger partial charge in [-0.05, 0) is 29.8 Å². The Kier molecular flexibility index (Phi) is 3.37. The lowest BCUT2D eigenvalue weighted by Crippen LogP contribution is -2.04. The first-order valence-corrected chi connectivity index (χ1v) is 6.59. The van der Waals surface area contributed by atoms with Crippen LogP contribution in [0.3, 0.4) is 0 Å². The van der Waals surface area contributed by atoms with Crippen molar-refractivity contribution in [3.05, 3.63) is 70.6 Å². The lowest BCUT2D eigenvalue weighted by atomic mass is 10.1. The molecule has 0 bridgehead atoms. The molecule has 3 rings (SSSR count). The molecule has 0 spiro atoms. The summed E-state index contributed by atoms with van der Waals surface area (Å²) in [6, 6.07) is 8.65. The SMILES string of the molecule is FC(F)(F)c1ccc(Cc2cn3cc(Cl)ccc3n2)cc1. The number of nitrogens with zero attached hydrogens (tertiary/aromatic N) is 2. The van der Waals surface area contributed by atoms with Gasteiger partial charge in [-0.25, -0.2) is 4.98 Å². The predicted octanol–water partition coefficient (Wildman–Crippen LogP) is 4.60. The summed E-state index contributed by atoms with van der Waals surface area (Å²) in [6.07, 6.45) is -0.283. The number of fused-ring (bicyclic) bond motifs is 1. The smallest absolute Gasteiger partial charge is 0.305 e. The van der Waals surface area contributed by atoms with E-state index in [0.29, 0.717) is 11.4 Å². The molecule has 0 saturated carbocycles. The third-order valence-corrected chi connectivity index (χ3v) is 3.35. The molecule has 2 nitrogen and oxygen atoms in total. The van der Waals surface area contributed by atoms with E-state index >= 15 is 0 Å². The molecule has 0 aliphatic heterocycles. The first kappa shape index (κ1) is 13.9. The Morgan fingerprint density at radius 2 is 1.71 bits per heavy atom. The van der Waals surface area contributed by atoms with Crippen LogP contribution in [0.15, 0.2) is 48.8 Å². The van der Waals surface area contributed by atoms with Gasteiger partial charge in [0, 0.05) is 18.8 Å². The second-order valence-corrected chi connectivity index (χ2v) is 5.15. The number of imidazole rings is 1. The molecular formula is C15H10ClF3N2. The summed E-state index contributed by atoms with van der Waals surface area (Å²) >= 11 is 5.89. The van der Waals surface area contributed by atoms with Gasteiger partial charge in [0.1, 0.15) is 5.65 Å². The normalized spacial score (nSPS) is 12.0. The highest BCUT2D eigenvalue weighted by Gasteiger charge is 2.29. The van der Waals surface area contributed by atoms with Crippen molar-refractivity contribution in [3.63, 3.8) is 0 Å². The highest BCUT2D eigenvalue weighted by Crippen LogP contribution is 2.29. The van der Waals surface area contributed by atoms with Gasteiger partial charge >= 0.3 is 6.18 Å². The van der Waals surface area contributed by atoms with E-state index in [-0.39, 0.29) is 0 Å². The minimum Gasteiger partial charge on any atom is -0.305 e. The highest BCUT2D eigenvalue weighted by molar-refractivity contribution is 6.30. The van der Waals surface area contributed by atoms with Crippen molar-refractivity contribution in [2.24, 2.45) is 0 Å². The van der Waals surface area contributed by atoms with Gasteiger partial charge < -0.3 is 4.40 Å². The molecule has 6 heteroatoms. The molecule has 21 heavy (non-hydrogen) atoms. The van der Waals surface area contributed by atoms with Crippen molar-refractivity contribution >= 4 is 17.2 Å². The van der Waals surface area contributed by atoms with Crippen LogP contribution in [0.4, 0.5) is 13.2 Å². The number of halogens is 4. The van der Waals surface area contributed by atoms with Crippen molar-refractivity contribution in [1.82, 2.24) is 9.38 Å². The summed E-state index contributed by atoms with van der Waals surface area (Å²) in [5, 5.41) is 0.598. The number of alkyl halides is 3. The fourth-order valence-corrected chi connectivity index (χ4v) is 2.29. The van der Waals surface area contributed by atoms with Crippen molar-refractivity contribution in [1.29, 1.82) is 0 Å². The molecule has 0 unspecified atom stereocenters. The summed E-state index contributed by atoms with van der Waals surface area (Å²) in [6.45, 7) is 0. The van der Waals surface area contributed by atoms with Crippen LogP contribution >= 0.6 is 11.6 Å². The number of rotatable bonds is 2. The average molecular weight is 311 g/mol. The van der Waals surface area contributed by atoms with E-state index in [4.69, 9.17) is 11.6 Å². The molecule has 2 heterocycles. The van der Waals surface area contributed by atoms with Crippen LogP contribution in [-0.2, 0) is 12.6 Å². The van der Waals surface area contributed by atoms with E-state index in [0.717, 1.165) is 29.0 Å². The van der Waals surface area contributed by atoms with Gasteiger partial charge in [-0.15, -0.1) is 0 Å². The molecule has 0 N–H and O–H groups in total. The lowest BCUT2D eigenvalue weighted by molar-refractivity contribution is -0.137. The van der Waals surface area contributed by atoms with Crippen LogP contribution < -0.4 is 0 Å². The van der Waals surface area contributed by atoms with Crippen LogP contribution in [0.2, 0.25) is 5.02 Å². The van der Waals surface area contributed by atoms with Gasteiger partial charge in [-0.2, -0.15) is 13.2 Å². The Hall–Kier alpha value is -2.01. The summed E-state index contributed by atoms with van der Waals surface area (Å²) in [7, 11) is 0. The molecule has 2 aromatic heterocycles. The predicted molar refractivity (Wildman–Crippen MR) is 74.5 cm³/mol. The molecule has 0 atom stereocenters. The molecular weight excluding hydrogens is 301 g/mol. The summed E-state index contributed by atoms with van der Waals surface area (Å²) in [5.41, 5.74) is 1.66. The zero-order chi connectivity index (χ0) is 15.0. The molecule has 0 saturated heterocycles. The van der Waals surface area contributed by atoms with Crippen molar-refractivity contribution < 1.29 is 13.2 Å². The van der Waals surface area contributed by atoms with E-state index in [1.807, 2.05) is 6.20 Å². The fourth-order valence-electron chi connectivity index (χ4n) is 2.12. The van der Waals surface area contributed by atoms with Gasteiger partial charge in [0.05, 0.1) is 16.3 Å². The highest BCUT2D eigenvalue weighted by atomic mass is 35.5. The number of pyridine rings is 1. The van der Waals surface area contributed by atoms with Crippen LogP contribution in [0.5, 0.6) is 0 Å². The minimum atomic E-state index is -4.31. The van der Waals surface area contributed by atoms with E-state index in [2.05, 4.69) is 4.98 Å². The standard InChI is InChI=1S/C15H10ClF3N2/c16-12-5-6-14-20-13(9-21(14)8-12)7-10-1-3-11(4-2-10)15(17,18)19/h1-6,8-9H,7H2. The van der Waals surface area contributed by atoms with Crippen LogP contribution in [0, 0.1) is 0 Å². The van der Waals surface area contributed by atoms with E-state index in [9.17, 15) is 13.2 Å². The second kappa shape index (κ2) is 5.07. The molecule has 0 amide bonds. The van der Waals surface area contributed by atoms with Crippen LogP contribution in [0.25, 0.3) is 5.65 Å². The number of aromatic nitrogens is 2. The Morgan fingerprint density at radius 3 is 2.38 bits per heavy atom. The third-order valence-electron chi connectivity index (χ3n) is 3.13. The minimum absolute atomic E-state index is 0.470. The fraction of sp³-hybridized carbons (Fsp3) is 0.133. The Balaban J connectivity index is 1.84. The number of hydrogen-bond acceptors (Lipinski definition) is 1. The molecule has 0 radical (unpaired) electrons. The Morgan fingerprint density at radius 1 is 1.00 bits per heavy atom. The Bertz CT molecular complexity index is 776. The van der Waals surface area contributed by atoms with E-state index in [1.54, 1.807) is 22.7 Å². The molecule has 0 aliphatic carbocycles. The molecule has 0 aliphatic rings. The first-order valence-electron chi connectivity index (χ1n) is 6.21. The Labute approximate surface area is 123 Å². The summed E-state index contributed by atoms with van der Waals surface area (Å²) in [4.78, 5) is 4.40. The van der Waals surface area contributed by atoms with Crippen molar-refractivity contribution in [2.45, 2.75) is 12.6 Å². The van der Waals surface area contributed by atoms with Gasteiger partial charge in [0.15, 0.2) is 0 Å². The van der Waals surface area contributed by atoms with Gasteiger partial charge in [0.25, 0.3) is 0 Å². The second-order valence-electron chi connectivity index (χ2n) is 4.72. The average Bonchev–Trinajstić information content (AvgIpc) is 2.79.